The van der Waals surface area contributed by atoms with Gasteiger partial charge in [0.2, 0.25) is 0 Å². The van der Waals surface area contributed by atoms with Crippen LogP contribution in [0.3, 0.4) is 0 Å². The predicted octanol–water partition coefficient (Wildman–Crippen LogP) is 0.453. The standard InChI is InChI=1S/C20H28N4O5S/c1-14-4-5-18-17(10-14)19(25)20(26)24(18)13-21-6-8-22(9-7-21)30(27,28)23-11-15(2)29-16(3)12-23/h4-5,10,15-16H,6-9,11-13H2,1-3H3. The number of Topliss-reactive ketones (excluding diaryl/α,β-unsaturated/α-hetero) is 1. The van der Waals surface area contributed by atoms with Crippen molar-refractivity contribution in [2.45, 2.75) is 33.0 Å². The van der Waals surface area contributed by atoms with Crippen molar-refractivity contribution in [2.75, 3.05) is 50.8 Å². The number of benzene rings is 1. The summed E-state index contributed by atoms with van der Waals surface area (Å²) in [6.45, 7) is 8.31. The van der Waals surface area contributed by atoms with Crippen LogP contribution in [-0.2, 0) is 19.7 Å². The molecule has 10 heteroatoms. The maximum atomic E-state index is 13.0. The van der Waals surface area contributed by atoms with Gasteiger partial charge in [-0.25, -0.2) is 0 Å². The van der Waals surface area contributed by atoms with E-state index >= 15 is 0 Å². The number of fused-ring (bicyclic) bond motifs is 1. The zero-order valence-corrected chi connectivity index (χ0v) is 18.4. The fourth-order valence-corrected chi connectivity index (χ4v) is 6.09. The SMILES string of the molecule is Cc1ccc2c(c1)C(=O)C(=O)N2CN1CCN(S(=O)(=O)N2CC(C)OC(C)C2)CC1. The maximum Gasteiger partial charge on any atom is 0.300 e. The highest BCUT2D eigenvalue weighted by molar-refractivity contribution is 7.86. The minimum atomic E-state index is -3.55. The van der Waals surface area contributed by atoms with Crippen molar-refractivity contribution in [2.24, 2.45) is 0 Å². The molecule has 30 heavy (non-hydrogen) atoms. The first-order valence-electron chi connectivity index (χ1n) is 10.3. The number of ketones is 1. The molecule has 1 aromatic carbocycles. The van der Waals surface area contributed by atoms with E-state index < -0.39 is 21.9 Å². The minimum Gasteiger partial charge on any atom is -0.373 e. The van der Waals surface area contributed by atoms with Crippen LogP contribution in [0, 0.1) is 6.92 Å². The summed E-state index contributed by atoms with van der Waals surface area (Å²) < 4.78 is 34.7. The van der Waals surface area contributed by atoms with Gasteiger partial charge in [-0.2, -0.15) is 17.0 Å². The van der Waals surface area contributed by atoms with E-state index in [1.807, 2.05) is 31.7 Å². The van der Waals surface area contributed by atoms with Gasteiger partial charge in [-0.1, -0.05) is 11.6 Å². The van der Waals surface area contributed by atoms with Crippen molar-refractivity contribution in [1.82, 2.24) is 13.5 Å². The van der Waals surface area contributed by atoms with Crippen LogP contribution in [0.2, 0.25) is 0 Å². The second-order valence-electron chi connectivity index (χ2n) is 8.32. The second-order valence-corrected chi connectivity index (χ2v) is 10.3. The molecule has 4 rings (SSSR count). The number of rotatable bonds is 4. The third-order valence-corrected chi connectivity index (χ3v) is 7.81. The maximum absolute atomic E-state index is 13.0. The summed E-state index contributed by atoms with van der Waals surface area (Å²) in [5.41, 5.74) is 2.00. The summed E-state index contributed by atoms with van der Waals surface area (Å²) in [6, 6.07) is 5.42. The average Bonchev–Trinajstić information content (AvgIpc) is 2.92. The summed E-state index contributed by atoms with van der Waals surface area (Å²) in [5, 5.41) is 0. The van der Waals surface area contributed by atoms with Crippen LogP contribution in [0.25, 0.3) is 0 Å². The average molecular weight is 437 g/mol. The van der Waals surface area contributed by atoms with Gasteiger partial charge in [-0.15, -0.1) is 0 Å². The summed E-state index contributed by atoms with van der Waals surface area (Å²) in [6.07, 6.45) is -0.264. The van der Waals surface area contributed by atoms with Crippen molar-refractivity contribution >= 4 is 27.6 Å². The Morgan fingerprint density at radius 3 is 2.27 bits per heavy atom. The third-order valence-electron chi connectivity index (χ3n) is 5.84. The number of anilines is 1. The van der Waals surface area contributed by atoms with E-state index in [0.717, 1.165) is 5.56 Å². The molecular formula is C20H28N4O5S. The number of piperazine rings is 1. The molecule has 0 spiro atoms. The number of morpholine rings is 1. The largest absolute Gasteiger partial charge is 0.373 e. The first-order valence-corrected chi connectivity index (χ1v) is 11.7. The van der Waals surface area contributed by atoms with Crippen molar-refractivity contribution in [1.29, 1.82) is 0 Å². The Bertz CT molecular complexity index is 948. The van der Waals surface area contributed by atoms with Gasteiger partial charge in [-0.3, -0.25) is 19.4 Å². The number of amides is 1. The Labute approximate surface area is 177 Å². The van der Waals surface area contributed by atoms with Crippen LogP contribution in [0.15, 0.2) is 18.2 Å². The molecule has 0 radical (unpaired) electrons. The fourth-order valence-electron chi connectivity index (χ4n) is 4.34. The Balaban J connectivity index is 1.40. The molecule has 2 fully saturated rings. The summed E-state index contributed by atoms with van der Waals surface area (Å²) >= 11 is 0. The van der Waals surface area contributed by atoms with Crippen molar-refractivity contribution in [3.63, 3.8) is 0 Å². The van der Waals surface area contributed by atoms with Gasteiger partial charge in [0.05, 0.1) is 30.1 Å². The van der Waals surface area contributed by atoms with Gasteiger partial charge in [0.1, 0.15) is 0 Å². The normalized spacial score (nSPS) is 27.0. The smallest absolute Gasteiger partial charge is 0.300 e. The van der Waals surface area contributed by atoms with Crippen LogP contribution in [0.5, 0.6) is 0 Å². The summed E-state index contributed by atoms with van der Waals surface area (Å²) in [4.78, 5) is 28.3. The van der Waals surface area contributed by atoms with Gasteiger partial charge >= 0.3 is 5.91 Å². The van der Waals surface area contributed by atoms with E-state index in [-0.39, 0.29) is 18.9 Å². The Kier molecular flexibility index (Phi) is 5.71. The summed E-state index contributed by atoms with van der Waals surface area (Å²) in [5.74, 6) is -1.01. The molecule has 0 N–H and O–H groups in total. The molecule has 9 nitrogen and oxygen atoms in total. The third kappa shape index (κ3) is 3.90. The van der Waals surface area contributed by atoms with E-state index in [0.29, 0.717) is 50.5 Å². The first-order chi connectivity index (χ1) is 14.2. The predicted molar refractivity (Wildman–Crippen MR) is 112 cm³/mol. The lowest BCUT2D eigenvalue weighted by Crippen LogP contribution is -2.58. The molecule has 164 valence electrons. The molecule has 0 saturated carbocycles. The van der Waals surface area contributed by atoms with E-state index in [2.05, 4.69) is 0 Å². The number of hydrogen-bond acceptors (Lipinski definition) is 6. The molecule has 1 aromatic rings. The van der Waals surface area contributed by atoms with E-state index in [4.69, 9.17) is 4.74 Å². The number of aryl methyl sites for hydroxylation is 1. The molecule has 3 aliphatic rings. The van der Waals surface area contributed by atoms with E-state index in [1.165, 1.54) is 13.5 Å². The van der Waals surface area contributed by atoms with E-state index in [1.54, 1.807) is 12.1 Å². The number of nitrogens with zero attached hydrogens (tertiary/aromatic N) is 4. The zero-order valence-electron chi connectivity index (χ0n) is 17.6. The lowest BCUT2D eigenvalue weighted by molar-refractivity contribution is -0.114. The molecule has 3 heterocycles. The molecule has 3 aliphatic heterocycles. The van der Waals surface area contributed by atoms with Crippen molar-refractivity contribution < 1.29 is 22.7 Å². The number of carbonyl (C=O) groups excluding carboxylic acids is 2. The molecular weight excluding hydrogens is 408 g/mol. The molecule has 1 amide bonds. The topological polar surface area (TPSA) is 90.5 Å². The van der Waals surface area contributed by atoms with Crippen molar-refractivity contribution in [3.8, 4) is 0 Å². The molecule has 2 saturated heterocycles. The van der Waals surface area contributed by atoms with Gasteiger partial charge < -0.3 is 4.74 Å². The zero-order chi connectivity index (χ0) is 21.6. The Hall–Kier alpha value is -1.85. The fraction of sp³-hybridized carbons (Fsp3) is 0.600. The molecule has 2 unspecified atom stereocenters. The Morgan fingerprint density at radius 2 is 1.63 bits per heavy atom. The highest BCUT2D eigenvalue weighted by Gasteiger charge is 2.39. The molecule has 0 bridgehead atoms. The van der Waals surface area contributed by atoms with Gasteiger partial charge in [-0.05, 0) is 32.9 Å². The van der Waals surface area contributed by atoms with Crippen LogP contribution >= 0.6 is 0 Å². The summed E-state index contributed by atoms with van der Waals surface area (Å²) in [7, 11) is -3.55. The van der Waals surface area contributed by atoms with Crippen LogP contribution in [-0.4, -0.2) is 91.8 Å². The number of ether oxygens (including phenoxy) is 1. The van der Waals surface area contributed by atoms with Gasteiger partial charge in [0.15, 0.2) is 0 Å². The molecule has 0 aliphatic carbocycles. The minimum absolute atomic E-state index is 0.132. The number of hydrogen-bond donors (Lipinski definition) is 0. The lowest BCUT2D eigenvalue weighted by atomic mass is 10.1. The van der Waals surface area contributed by atoms with Crippen LogP contribution < -0.4 is 4.90 Å². The molecule has 0 aromatic heterocycles. The monoisotopic (exact) mass is 436 g/mol. The quantitative estimate of drug-likeness (QED) is 0.637. The van der Waals surface area contributed by atoms with Crippen LogP contribution in [0.1, 0.15) is 29.8 Å². The number of carbonyl (C=O) groups is 2. The highest BCUT2D eigenvalue weighted by atomic mass is 32.2. The highest BCUT2D eigenvalue weighted by Crippen LogP contribution is 2.30. The lowest BCUT2D eigenvalue weighted by Gasteiger charge is -2.40. The van der Waals surface area contributed by atoms with Crippen LogP contribution in [0.4, 0.5) is 5.69 Å². The first kappa shape index (κ1) is 21.4. The Morgan fingerprint density at radius 1 is 1.00 bits per heavy atom. The molecule has 2 atom stereocenters. The van der Waals surface area contributed by atoms with Gasteiger partial charge in [0.25, 0.3) is 16.0 Å². The van der Waals surface area contributed by atoms with E-state index in [9.17, 15) is 18.0 Å². The second kappa shape index (κ2) is 8.01. The van der Waals surface area contributed by atoms with Gasteiger partial charge in [0, 0.05) is 39.3 Å². The van der Waals surface area contributed by atoms with Crippen molar-refractivity contribution in [3.05, 3.63) is 29.3 Å².